The van der Waals surface area contributed by atoms with E-state index in [4.69, 9.17) is 0 Å². The summed E-state index contributed by atoms with van der Waals surface area (Å²) < 4.78 is 0. The number of allylic oxidation sites excluding steroid dienone is 1. The molecule has 1 radical (unpaired) electrons. The highest BCUT2D eigenvalue weighted by molar-refractivity contribution is 5.18. The largest absolute Gasteiger partial charge is 0.0998 e. The molecule has 0 heterocycles. The Kier molecular flexibility index (Phi) is 2.27. The minimum atomic E-state index is 0.970. The zero-order valence-corrected chi connectivity index (χ0v) is 6.22. The van der Waals surface area contributed by atoms with Crippen molar-refractivity contribution >= 4 is 0 Å². The van der Waals surface area contributed by atoms with Crippen LogP contribution < -0.4 is 0 Å². The van der Waals surface area contributed by atoms with Gasteiger partial charge in [0.25, 0.3) is 0 Å². The average molecular weight is 131 g/mol. The Labute approximate surface area is 62.2 Å². The van der Waals surface area contributed by atoms with Gasteiger partial charge in [-0.15, -0.1) is 0 Å². The molecule has 0 atom stereocenters. The lowest BCUT2D eigenvalue weighted by Crippen LogP contribution is -1.82. The molecule has 1 rings (SSSR count). The number of rotatable bonds is 2. The molecule has 0 saturated heterocycles. The van der Waals surface area contributed by atoms with Gasteiger partial charge in [-0.25, -0.2) is 0 Å². The average Bonchev–Trinajstić information content (AvgIpc) is 1.88. The summed E-state index contributed by atoms with van der Waals surface area (Å²) in [5.74, 6) is 0. The minimum Gasteiger partial charge on any atom is -0.0998 e. The van der Waals surface area contributed by atoms with Gasteiger partial charge in [0.1, 0.15) is 0 Å². The molecule has 0 nitrogen and oxygen atoms in total. The Morgan fingerprint density at radius 1 is 1.70 bits per heavy atom. The summed E-state index contributed by atoms with van der Waals surface area (Å²) in [7, 11) is 0. The molecule has 0 aliphatic heterocycles. The van der Waals surface area contributed by atoms with Gasteiger partial charge in [0.15, 0.2) is 0 Å². The molecule has 1 aromatic rings. The Bertz CT molecular complexity index is 209. The van der Waals surface area contributed by atoms with Crippen LogP contribution >= 0.6 is 0 Å². The Balaban J connectivity index is 2.67. The zero-order valence-electron chi connectivity index (χ0n) is 6.22. The monoisotopic (exact) mass is 131 g/mol. The summed E-state index contributed by atoms with van der Waals surface area (Å²) in [6.07, 6.45) is 0.970. The van der Waals surface area contributed by atoms with Crippen molar-refractivity contribution in [2.24, 2.45) is 0 Å². The van der Waals surface area contributed by atoms with Crippen LogP contribution in [0.25, 0.3) is 0 Å². The smallest absolute Gasteiger partial charge is 0.00724 e. The molecule has 51 valence electrons. The summed E-state index contributed by atoms with van der Waals surface area (Å²) in [6, 6.07) is 11.0. The summed E-state index contributed by atoms with van der Waals surface area (Å²) in [6.45, 7) is 5.87. The van der Waals surface area contributed by atoms with Crippen LogP contribution in [0.3, 0.4) is 0 Å². The van der Waals surface area contributed by atoms with Gasteiger partial charge in [0.05, 0.1) is 0 Å². The molecule has 0 aliphatic rings. The zero-order chi connectivity index (χ0) is 7.40. The molecule has 0 spiro atoms. The van der Waals surface area contributed by atoms with E-state index in [2.05, 4.69) is 18.7 Å². The Hall–Kier alpha value is -1.04. The van der Waals surface area contributed by atoms with E-state index in [-0.39, 0.29) is 0 Å². The second-order valence-electron chi connectivity index (χ2n) is 2.55. The van der Waals surface area contributed by atoms with Crippen LogP contribution in [0.1, 0.15) is 12.5 Å². The first-order valence-electron chi connectivity index (χ1n) is 3.38. The highest BCUT2D eigenvalue weighted by Gasteiger charge is 1.88. The third-order valence-electron chi connectivity index (χ3n) is 1.28. The van der Waals surface area contributed by atoms with Crippen molar-refractivity contribution in [3.05, 3.63) is 48.0 Å². The van der Waals surface area contributed by atoms with Crippen LogP contribution in [0.15, 0.2) is 36.4 Å². The van der Waals surface area contributed by atoms with Gasteiger partial charge < -0.3 is 0 Å². The Morgan fingerprint density at radius 3 is 3.00 bits per heavy atom. The lowest BCUT2D eigenvalue weighted by molar-refractivity contribution is 1.15. The van der Waals surface area contributed by atoms with E-state index in [1.807, 2.05) is 25.1 Å². The van der Waals surface area contributed by atoms with E-state index >= 15 is 0 Å². The molecule has 0 unspecified atom stereocenters. The summed E-state index contributed by atoms with van der Waals surface area (Å²) >= 11 is 0. The molecule has 0 saturated carbocycles. The van der Waals surface area contributed by atoms with Crippen LogP contribution in [0.2, 0.25) is 0 Å². The SMILES string of the molecule is C=C(C)Cc1c[c]ccc1. The van der Waals surface area contributed by atoms with Crippen molar-refractivity contribution in [3.8, 4) is 0 Å². The van der Waals surface area contributed by atoms with Gasteiger partial charge in [-0.05, 0) is 25.0 Å². The van der Waals surface area contributed by atoms with Crippen molar-refractivity contribution < 1.29 is 0 Å². The quantitative estimate of drug-likeness (QED) is 0.541. The molecule has 10 heavy (non-hydrogen) atoms. The molecule has 0 aliphatic carbocycles. The number of benzene rings is 1. The number of hydrogen-bond donors (Lipinski definition) is 0. The molecule has 0 fully saturated rings. The number of hydrogen-bond acceptors (Lipinski definition) is 0. The normalized spacial score (nSPS) is 9.30. The minimum absolute atomic E-state index is 0.970. The highest BCUT2D eigenvalue weighted by Crippen LogP contribution is 2.03. The predicted octanol–water partition coefficient (Wildman–Crippen LogP) is 2.61. The second-order valence-corrected chi connectivity index (χ2v) is 2.55. The van der Waals surface area contributed by atoms with Crippen LogP contribution in [0.5, 0.6) is 0 Å². The molecule has 0 N–H and O–H groups in total. The second kappa shape index (κ2) is 3.21. The molecule has 0 bridgehead atoms. The van der Waals surface area contributed by atoms with E-state index in [9.17, 15) is 0 Å². The first-order valence-corrected chi connectivity index (χ1v) is 3.38. The van der Waals surface area contributed by atoms with Crippen molar-refractivity contribution in [2.45, 2.75) is 13.3 Å². The maximum absolute atomic E-state index is 3.84. The lowest BCUT2D eigenvalue weighted by atomic mass is 10.1. The standard InChI is InChI=1S/C10H11/c1-9(2)8-10-6-4-3-5-7-10/h3-4,6-7H,1,8H2,2H3. The summed E-state index contributed by atoms with van der Waals surface area (Å²) in [4.78, 5) is 0. The third kappa shape index (κ3) is 2.06. The van der Waals surface area contributed by atoms with Crippen LogP contribution in [0, 0.1) is 6.07 Å². The predicted molar refractivity (Wildman–Crippen MR) is 43.8 cm³/mol. The van der Waals surface area contributed by atoms with Crippen molar-refractivity contribution in [3.63, 3.8) is 0 Å². The van der Waals surface area contributed by atoms with Crippen molar-refractivity contribution in [1.82, 2.24) is 0 Å². The van der Waals surface area contributed by atoms with E-state index in [0.29, 0.717) is 0 Å². The van der Waals surface area contributed by atoms with Gasteiger partial charge in [-0.2, -0.15) is 0 Å². The molecule has 0 aromatic heterocycles. The Morgan fingerprint density at radius 2 is 2.50 bits per heavy atom. The first kappa shape index (κ1) is 7.07. The van der Waals surface area contributed by atoms with Gasteiger partial charge in [0.2, 0.25) is 0 Å². The van der Waals surface area contributed by atoms with Gasteiger partial charge in [-0.1, -0.05) is 36.4 Å². The topological polar surface area (TPSA) is 0 Å². The fraction of sp³-hybridized carbons (Fsp3) is 0.200. The molecular formula is C10H11. The third-order valence-corrected chi connectivity index (χ3v) is 1.28. The van der Waals surface area contributed by atoms with E-state index in [1.165, 1.54) is 11.1 Å². The maximum Gasteiger partial charge on any atom is -0.00724 e. The van der Waals surface area contributed by atoms with Gasteiger partial charge in [-0.3, -0.25) is 0 Å². The molecule has 0 amide bonds. The van der Waals surface area contributed by atoms with Crippen LogP contribution in [-0.4, -0.2) is 0 Å². The van der Waals surface area contributed by atoms with Crippen molar-refractivity contribution in [2.75, 3.05) is 0 Å². The van der Waals surface area contributed by atoms with Gasteiger partial charge in [0, 0.05) is 0 Å². The van der Waals surface area contributed by atoms with Crippen LogP contribution in [0.4, 0.5) is 0 Å². The van der Waals surface area contributed by atoms with Crippen molar-refractivity contribution in [1.29, 1.82) is 0 Å². The highest BCUT2D eigenvalue weighted by atomic mass is 13.9. The fourth-order valence-corrected chi connectivity index (χ4v) is 0.889. The van der Waals surface area contributed by atoms with E-state index in [0.717, 1.165) is 6.42 Å². The van der Waals surface area contributed by atoms with E-state index in [1.54, 1.807) is 0 Å². The lowest BCUT2D eigenvalue weighted by Gasteiger charge is -1.97. The summed E-state index contributed by atoms with van der Waals surface area (Å²) in [5, 5.41) is 0. The molecule has 1 aromatic carbocycles. The van der Waals surface area contributed by atoms with E-state index < -0.39 is 0 Å². The summed E-state index contributed by atoms with van der Waals surface area (Å²) in [5.41, 5.74) is 2.48. The molecular weight excluding hydrogens is 120 g/mol. The maximum atomic E-state index is 3.84. The van der Waals surface area contributed by atoms with Crippen LogP contribution in [-0.2, 0) is 6.42 Å². The first-order chi connectivity index (χ1) is 4.79. The van der Waals surface area contributed by atoms with Gasteiger partial charge >= 0.3 is 0 Å². The fourth-order valence-electron chi connectivity index (χ4n) is 0.889. The molecule has 0 heteroatoms.